The van der Waals surface area contributed by atoms with Gasteiger partial charge < -0.3 is 20.3 Å². The van der Waals surface area contributed by atoms with E-state index in [1.807, 2.05) is 47.0 Å². The minimum absolute atomic E-state index is 0.270. The minimum Gasteiger partial charge on any atom is -0.378 e. The predicted molar refractivity (Wildman–Crippen MR) is 128 cm³/mol. The quantitative estimate of drug-likeness (QED) is 0.442. The van der Waals surface area contributed by atoms with Crippen LogP contribution >= 0.6 is 0 Å². The van der Waals surface area contributed by atoms with Crippen molar-refractivity contribution in [1.29, 1.82) is 0 Å². The highest BCUT2D eigenvalue weighted by Gasteiger charge is 2.12. The van der Waals surface area contributed by atoms with Crippen molar-refractivity contribution in [3.05, 3.63) is 73.6 Å². The first kappa shape index (κ1) is 20.7. The predicted octanol–water partition coefficient (Wildman–Crippen LogP) is 3.50. The molecule has 1 fully saturated rings. The molecule has 1 aliphatic heterocycles. The van der Waals surface area contributed by atoms with Crippen LogP contribution < -0.4 is 15.5 Å². The molecular formula is C24H23N7O2. The Bertz CT molecular complexity index is 1290. The topological polar surface area (TPSA) is 96.7 Å². The van der Waals surface area contributed by atoms with Crippen LogP contribution in [-0.4, -0.2) is 51.8 Å². The summed E-state index contributed by atoms with van der Waals surface area (Å²) in [7, 11) is 0. The number of aromatic nitrogens is 4. The molecule has 0 atom stereocenters. The van der Waals surface area contributed by atoms with E-state index in [-0.39, 0.29) is 5.91 Å². The highest BCUT2D eigenvalue weighted by atomic mass is 16.5. The molecule has 1 saturated heterocycles. The average molecular weight is 441 g/mol. The average Bonchev–Trinajstić information content (AvgIpc) is 3.28. The summed E-state index contributed by atoms with van der Waals surface area (Å²) >= 11 is 0. The number of anilines is 4. The van der Waals surface area contributed by atoms with Crippen molar-refractivity contribution in [3.63, 3.8) is 0 Å². The maximum atomic E-state index is 11.6. The monoisotopic (exact) mass is 441 g/mol. The van der Waals surface area contributed by atoms with Crippen molar-refractivity contribution in [2.45, 2.75) is 0 Å². The third kappa shape index (κ3) is 4.53. The summed E-state index contributed by atoms with van der Waals surface area (Å²) in [6.45, 7) is 6.81. The number of carbonyl (C=O) groups excluding carboxylic acids is 1. The first-order valence-electron chi connectivity index (χ1n) is 10.6. The maximum absolute atomic E-state index is 11.6. The number of fused-ring (bicyclic) bond motifs is 1. The fraction of sp³-hybridized carbons (Fsp3) is 0.167. The number of benzene rings is 2. The lowest BCUT2D eigenvalue weighted by Gasteiger charge is -2.28. The molecule has 0 unspecified atom stereocenters. The van der Waals surface area contributed by atoms with Crippen molar-refractivity contribution in [2.24, 2.45) is 0 Å². The van der Waals surface area contributed by atoms with Gasteiger partial charge in [-0.1, -0.05) is 18.7 Å². The Kier molecular flexibility index (Phi) is 5.69. The van der Waals surface area contributed by atoms with Gasteiger partial charge in [0.25, 0.3) is 0 Å². The number of nitrogens with zero attached hydrogens (tertiary/aromatic N) is 5. The number of hydrogen-bond acceptors (Lipinski definition) is 7. The standard InChI is InChI=1S/C24H23N7O2/c1-2-23(32)27-19-5-3-4-17(14-19)24-29-28-22-15-25-21(16-31(22)24)26-18-6-8-20(9-7-18)30-10-12-33-13-11-30/h2-9,14-16,26H,1,10-13H2,(H,27,32). The van der Waals surface area contributed by atoms with E-state index in [4.69, 9.17) is 4.74 Å². The smallest absolute Gasteiger partial charge is 0.247 e. The van der Waals surface area contributed by atoms with E-state index in [9.17, 15) is 4.79 Å². The van der Waals surface area contributed by atoms with Gasteiger partial charge in [-0.05, 0) is 42.5 Å². The molecule has 2 aromatic carbocycles. The van der Waals surface area contributed by atoms with Crippen LogP contribution in [0.15, 0.2) is 73.6 Å². The molecule has 9 heteroatoms. The van der Waals surface area contributed by atoms with Crippen molar-refractivity contribution < 1.29 is 9.53 Å². The Morgan fingerprint density at radius 3 is 2.67 bits per heavy atom. The number of nitrogens with one attached hydrogen (secondary N) is 2. The van der Waals surface area contributed by atoms with Gasteiger partial charge in [0, 0.05) is 35.7 Å². The van der Waals surface area contributed by atoms with Crippen LogP contribution in [-0.2, 0) is 9.53 Å². The van der Waals surface area contributed by atoms with E-state index in [0.717, 1.165) is 37.6 Å². The van der Waals surface area contributed by atoms with Gasteiger partial charge in [0.2, 0.25) is 5.91 Å². The van der Waals surface area contributed by atoms with E-state index in [1.165, 1.54) is 11.8 Å². The lowest BCUT2D eigenvalue weighted by atomic mass is 10.2. The van der Waals surface area contributed by atoms with Gasteiger partial charge in [-0.3, -0.25) is 9.20 Å². The number of rotatable bonds is 6. The second-order valence-corrected chi connectivity index (χ2v) is 7.57. The summed E-state index contributed by atoms with van der Waals surface area (Å²) in [5.74, 6) is 1.04. The number of ether oxygens (including phenoxy) is 1. The van der Waals surface area contributed by atoms with Gasteiger partial charge >= 0.3 is 0 Å². The lowest BCUT2D eigenvalue weighted by Crippen LogP contribution is -2.36. The van der Waals surface area contributed by atoms with Crippen molar-refractivity contribution >= 4 is 34.4 Å². The van der Waals surface area contributed by atoms with Crippen LogP contribution in [0.5, 0.6) is 0 Å². The third-order valence-corrected chi connectivity index (χ3v) is 5.38. The lowest BCUT2D eigenvalue weighted by molar-refractivity contribution is -0.111. The van der Waals surface area contributed by atoms with E-state index in [1.54, 1.807) is 6.20 Å². The molecular weight excluding hydrogens is 418 g/mol. The molecule has 3 heterocycles. The molecule has 33 heavy (non-hydrogen) atoms. The fourth-order valence-corrected chi connectivity index (χ4v) is 3.72. The largest absolute Gasteiger partial charge is 0.378 e. The molecule has 166 valence electrons. The number of carbonyl (C=O) groups is 1. The zero-order valence-corrected chi connectivity index (χ0v) is 17.9. The zero-order valence-electron chi connectivity index (χ0n) is 17.9. The SMILES string of the molecule is C=CC(=O)Nc1cccc(-c2nnc3cnc(Nc4ccc(N5CCOCC5)cc4)cn23)c1. The number of amides is 1. The van der Waals surface area contributed by atoms with Gasteiger partial charge in [-0.15, -0.1) is 10.2 Å². The van der Waals surface area contributed by atoms with Crippen LogP contribution in [0.4, 0.5) is 22.9 Å². The Balaban J connectivity index is 1.38. The molecule has 1 aliphatic rings. The molecule has 0 spiro atoms. The van der Waals surface area contributed by atoms with E-state index < -0.39 is 0 Å². The Morgan fingerprint density at radius 2 is 1.88 bits per heavy atom. The molecule has 0 aliphatic carbocycles. The van der Waals surface area contributed by atoms with Gasteiger partial charge in [-0.2, -0.15) is 0 Å². The minimum atomic E-state index is -0.270. The van der Waals surface area contributed by atoms with Gasteiger partial charge in [0.1, 0.15) is 5.82 Å². The van der Waals surface area contributed by atoms with Crippen molar-refractivity contribution in [2.75, 3.05) is 41.8 Å². The molecule has 2 aromatic heterocycles. The number of morpholine rings is 1. The molecule has 5 rings (SSSR count). The van der Waals surface area contributed by atoms with Crippen molar-refractivity contribution in [3.8, 4) is 11.4 Å². The second-order valence-electron chi connectivity index (χ2n) is 7.57. The van der Waals surface area contributed by atoms with Crippen LogP contribution in [0.2, 0.25) is 0 Å². The molecule has 2 N–H and O–H groups in total. The first-order chi connectivity index (χ1) is 16.2. The zero-order chi connectivity index (χ0) is 22.6. The summed E-state index contributed by atoms with van der Waals surface area (Å²) in [5.41, 5.74) is 4.21. The van der Waals surface area contributed by atoms with Crippen LogP contribution in [0, 0.1) is 0 Å². The summed E-state index contributed by atoms with van der Waals surface area (Å²) in [5, 5.41) is 14.6. The van der Waals surface area contributed by atoms with Crippen LogP contribution in [0.3, 0.4) is 0 Å². The molecule has 4 aromatic rings. The normalized spacial score (nSPS) is 13.6. The number of hydrogen-bond donors (Lipinski definition) is 2. The maximum Gasteiger partial charge on any atom is 0.247 e. The molecule has 9 nitrogen and oxygen atoms in total. The first-order valence-corrected chi connectivity index (χ1v) is 10.6. The summed E-state index contributed by atoms with van der Waals surface area (Å²) in [6.07, 6.45) is 4.76. The van der Waals surface area contributed by atoms with Gasteiger partial charge in [-0.25, -0.2) is 4.98 Å². The summed E-state index contributed by atoms with van der Waals surface area (Å²) < 4.78 is 7.29. The molecule has 1 amide bonds. The fourth-order valence-electron chi connectivity index (χ4n) is 3.72. The Hall–Kier alpha value is -4.24. The molecule has 0 radical (unpaired) electrons. The third-order valence-electron chi connectivity index (χ3n) is 5.38. The van der Waals surface area contributed by atoms with Crippen LogP contribution in [0.25, 0.3) is 17.0 Å². The second kappa shape index (κ2) is 9.09. The Morgan fingerprint density at radius 1 is 1.06 bits per heavy atom. The molecule has 0 saturated carbocycles. The highest BCUT2D eigenvalue weighted by Crippen LogP contribution is 2.24. The van der Waals surface area contributed by atoms with Crippen LogP contribution in [0.1, 0.15) is 0 Å². The Labute approximate surface area is 190 Å². The summed E-state index contributed by atoms with van der Waals surface area (Å²) in [6, 6.07) is 15.7. The van der Waals surface area contributed by atoms with E-state index >= 15 is 0 Å². The molecule has 0 bridgehead atoms. The van der Waals surface area contributed by atoms with Crippen molar-refractivity contribution in [1.82, 2.24) is 19.6 Å². The van der Waals surface area contributed by atoms with E-state index in [0.29, 0.717) is 23.0 Å². The highest BCUT2D eigenvalue weighted by molar-refractivity contribution is 5.99. The van der Waals surface area contributed by atoms with Gasteiger partial charge in [0.05, 0.1) is 25.6 Å². The van der Waals surface area contributed by atoms with E-state index in [2.05, 4.69) is 49.4 Å². The summed E-state index contributed by atoms with van der Waals surface area (Å²) in [4.78, 5) is 18.4. The van der Waals surface area contributed by atoms with Gasteiger partial charge in [0.15, 0.2) is 11.5 Å².